The van der Waals surface area contributed by atoms with Gasteiger partial charge in [0.25, 0.3) is 0 Å². The summed E-state index contributed by atoms with van der Waals surface area (Å²) in [4.78, 5) is 25.6. The fourth-order valence-electron chi connectivity index (χ4n) is 2.44. The molecule has 0 spiro atoms. The van der Waals surface area contributed by atoms with Gasteiger partial charge in [-0.15, -0.1) is 0 Å². The van der Waals surface area contributed by atoms with Crippen molar-refractivity contribution in [2.75, 3.05) is 32.1 Å². The predicted molar refractivity (Wildman–Crippen MR) is 92.6 cm³/mol. The molecule has 1 rings (SSSR count). The second-order valence-corrected chi connectivity index (χ2v) is 6.03. The van der Waals surface area contributed by atoms with Crippen molar-refractivity contribution in [1.29, 1.82) is 0 Å². The van der Waals surface area contributed by atoms with Crippen LogP contribution in [0.2, 0.25) is 0 Å². The second kappa shape index (κ2) is 9.30. The van der Waals surface area contributed by atoms with Crippen LogP contribution in [0.5, 0.6) is 0 Å². The summed E-state index contributed by atoms with van der Waals surface area (Å²) < 4.78 is 4.99. The number of hydrogen-bond donors (Lipinski definition) is 1. The Morgan fingerprint density at radius 3 is 2.57 bits per heavy atom. The number of amides is 2. The highest BCUT2D eigenvalue weighted by Crippen LogP contribution is 2.27. The van der Waals surface area contributed by atoms with Crippen LogP contribution in [-0.4, -0.2) is 43.5 Å². The van der Waals surface area contributed by atoms with Crippen molar-refractivity contribution in [3.05, 3.63) is 29.3 Å². The van der Waals surface area contributed by atoms with E-state index >= 15 is 0 Å². The van der Waals surface area contributed by atoms with Crippen LogP contribution in [0.3, 0.4) is 0 Å². The zero-order valence-electron chi connectivity index (χ0n) is 14.8. The van der Waals surface area contributed by atoms with Gasteiger partial charge in [0.05, 0.1) is 6.54 Å². The summed E-state index contributed by atoms with van der Waals surface area (Å²) >= 11 is 0. The van der Waals surface area contributed by atoms with Gasteiger partial charge in [-0.1, -0.05) is 32.0 Å². The molecule has 0 aliphatic rings. The summed E-state index contributed by atoms with van der Waals surface area (Å²) in [5.41, 5.74) is 2.98. The molecule has 1 N–H and O–H groups in total. The van der Waals surface area contributed by atoms with Crippen molar-refractivity contribution in [3.8, 4) is 0 Å². The monoisotopic (exact) mass is 320 g/mol. The smallest absolute Gasteiger partial charge is 0.244 e. The standard InChI is InChI=1S/C18H28N2O3/c1-13(2)16-9-6-8-14(3)18(16)19-17(22)12-20(15(4)21)10-7-11-23-5/h6,8-9,13H,7,10-12H2,1-5H3,(H,19,22). The number of methoxy groups -OCH3 is 1. The van der Waals surface area contributed by atoms with E-state index in [2.05, 4.69) is 19.2 Å². The van der Waals surface area contributed by atoms with E-state index in [-0.39, 0.29) is 18.4 Å². The average molecular weight is 320 g/mol. The second-order valence-electron chi connectivity index (χ2n) is 6.03. The fraction of sp³-hybridized carbons (Fsp3) is 0.556. The molecule has 1 aromatic carbocycles. The van der Waals surface area contributed by atoms with Crippen LogP contribution < -0.4 is 5.32 Å². The Morgan fingerprint density at radius 2 is 2.00 bits per heavy atom. The van der Waals surface area contributed by atoms with Crippen molar-refractivity contribution in [2.45, 2.75) is 40.0 Å². The first-order valence-corrected chi connectivity index (χ1v) is 8.00. The van der Waals surface area contributed by atoms with Gasteiger partial charge in [0.1, 0.15) is 0 Å². The molecule has 0 bridgehead atoms. The van der Waals surface area contributed by atoms with Crippen molar-refractivity contribution in [2.24, 2.45) is 0 Å². The van der Waals surface area contributed by atoms with Crippen molar-refractivity contribution >= 4 is 17.5 Å². The molecule has 5 heteroatoms. The minimum atomic E-state index is -0.172. The SMILES string of the molecule is COCCCN(CC(=O)Nc1c(C)cccc1C(C)C)C(C)=O. The van der Waals surface area contributed by atoms with Gasteiger partial charge in [-0.3, -0.25) is 9.59 Å². The molecule has 0 saturated carbocycles. The molecule has 0 unspecified atom stereocenters. The zero-order valence-corrected chi connectivity index (χ0v) is 14.8. The Hall–Kier alpha value is -1.88. The number of rotatable bonds is 8. The van der Waals surface area contributed by atoms with Crippen LogP contribution in [0.15, 0.2) is 18.2 Å². The van der Waals surface area contributed by atoms with Gasteiger partial charge in [-0.05, 0) is 30.4 Å². The number of nitrogens with zero attached hydrogens (tertiary/aromatic N) is 1. The molecule has 1 aromatic rings. The summed E-state index contributed by atoms with van der Waals surface area (Å²) in [7, 11) is 1.62. The van der Waals surface area contributed by atoms with E-state index in [1.807, 2.05) is 25.1 Å². The van der Waals surface area contributed by atoms with E-state index in [1.54, 1.807) is 12.0 Å². The molecule has 0 fully saturated rings. The van der Waals surface area contributed by atoms with Gasteiger partial charge in [-0.25, -0.2) is 0 Å². The molecule has 0 aliphatic carbocycles. The Labute approximate surface area is 139 Å². The van der Waals surface area contributed by atoms with Gasteiger partial charge < -0.3 is 15.0 Å². The lowest BCUT2D eigenvalue weighted by atomic mass is 9.98. The van der Waals surface area contributed by atoms with E-state index in [0.29, 0.717) is 25.5 Å². The summed E-state index contributed by atoms with van der Waals surface area (Å²) in [6.07, 6.45) is 0.713. The molecule has 0 atom stereocenters. The quantitative estimate of drug-likeness (QED) is 0.749. The normalized spacial score (nSPS) is 10.7. The van der Waals surface area contributed by atoms with Crippen LogP contribution in [0, 0.1) is 6.92 Å². The summed E-state index contributed by atoms with van der Waals surface area (Å²) in [6.45, 7) is 8.79. The number of para-hydroxylation sites is 1. The largest absolute Gasteiger partial charge is 0.385 e. The molecule has 0 saturated heterocycles. The van der Waals surface area contributed by atoms with Crippen molar-refractivity contribution in [3.63, 3.8) is 0 Å². The van der Waals surface area contributed by atoms with E-state index in [1.165, 1.54) is 6.92 Å². The molecule has 0 radical (unpaired) electrons. The summed E-state index contributed by atoms with van der Waals surface area (Å²) in [6, 6.07) is 5.99. The number of carbonyl (C=O) groups excluding carboxylic acids is 2. The first kappa shape index (κ1) is 19.2. The Morgan fingerprint density at radius 1 is 1.30 bits per heavy atom. The molecule has 5 nitrogen and oxygen atoms in total. The number of nitrogens with one attached hydrogen (secondary N) is 1. The van der Waals surface area contributed by atoms with Crippen LogP contribution in [0.25, 0.3) is 0 Å². The van der Waals surface area contributed by atoms with Crippen LogP contribution in [0.4, 0.5) is 5.69 Å². The lowest BCUT2D eigenvalue weighted by molar-refractivity contribution is -0.132. The first-order chi connectivity index (χ1) is 10.9. The lowest BCUT2D eigenvalue weighted by Gasteiger charge is -2.22. The van der Waals surface area contributed by atoms with Crippen molar-refractivity contribution < 1.29 is 14.3 Å². The third-order valence-electron chi connectivity index (χ3n) is 3.75. The Bertz CT molecular complexity index is 541. The third-order valence-corrected chi connectivity index (χ3v) is 3.75. The van der Waals surface area contributed by atoms with E-state index in [0.717, 1.165) is 16.8 Å². The maximum Gasteiger partial charge on any atom is 0.244 e. The van der Waals surface area contributed by atoms with Crippen LogP contribution in [0.1, 0.15) is 44.2 Å². The Kier molecular flexibility index (Phi) is 7.75. The number of benzene rings is 1. The molecule has 2 amide bonds. The average Bonchev–Trinajstić information content (AvgIpc) is 2.48. The molecule has 23 heavy (non-hydrogen) atoms. The van der Waals surface area contributed by atoms with E-state index in [9.17, 15) is 9.59 Å². The molecule has 0 aliphatic heterocycles. The highest BCUT2D eigenvalue weighted by Gasteiger charge is 2.16. The van der Waals surface area contributed by atoms with Gasteiger partial charge in [0.2, 0.25) is 11.8 Å². The molecular formula is C18H28N2O3. The maximum absolute atomic E-state index is 12.4. The fourth-order valence-corrected chi connectivity index (χ4v) is 2.44. The summed E-state index contributed by atoms with van der Waals surface area (Å²) in [5, 5.41) is 2.97. The van der Waals surface area contributed by atoms with Gasteiger partial charge in [-0.2, -0.15) is 0 Å². The zero-order chi connectivity index (χ0) is 17.4. The molecule has 0 heterocycles. The van der Waals surface area contributed by atoms with E-state index < -0.39 is 0 Å². The number of ether oxygens (including phenoxy) is 1. The number of aryl methyl sites for hydroxylation is 1. The topological polar surface area (TPSA) is 58.6 Å². The minimum Gasteiger partial charge on any atom is -0.385 e. The van der Waals surface area contributed by atoms with Gasteiger partial charge in [0.15, 0.2) is 0 Å². The van der Waals surface area contributed by atoms with Crippen LogP contribution in [-0.2, 0) is 14.3 Å². The highest BCUT2D eigenvalue weighted by atomic mass is 16.5. The van der Waals surface area contributed by atoms with Crippen LogP contribution >= 0.6 is 0 Å². The number of carbonyl (C=O) groups is 2. The lowest BCUT2D eigenvalue weighted by Crippen LogP contribution is -2.37. The van der Waals surface area contributed by atoms with Crippen molar-refractivity contribution in [1.82, 2.24) is 4.90 Å². The third kappa shape index (κ3) is 6.02. The predicted octanol–water partition coefficient (Wildman–Crippen LogP) is 2.94. The number of hydrogen-bond acceptors (Lipinski definition) is 3. The Balaban J connectivity index is 2.77. The minimum absolute atomic E-state index is 0.0604. The number of anilines is 1. The maximum atomic E-state index is 12.4. The molecular weight excluding hydrogens is 292 g/mol. The first-order valence-electron chi connectivity index (χ1n) is 8.00. The molecule has 0 aromatic heterocycles. The van der Waals surface area contributed by atoms with Gasteiger partial charge >= 0.3 is 0 Å². The van der Waals surface area contributed by atoms with Gasteiger partial charge in [0, 0.05) is 32.9 Å². The van der Waals surface area contributed by atoms with E-state index in [4.69, 9.17) is 4.74 Å². The highest BCUT2D eigenvalue weighted by molar-refractivity contribution is 5.95. The summed E-state index contributed by atoms with van der Waals surface area (Å²) in [5.74, 6) is 0.0368. The molecule has 128 valence electrons.